The Morgan fingerprint density at radius 1 is 1.00 bits per heavy atom. The fourth-order valence-electron chi connectivity index (χ4n) is 7.02. The molecule has 1 N–H and O–H groups in total. The molecule has 5 fully saturated rings. The molecule has 4 aliphatic carbocycles. The highest BCUT2D eigenvalue weighted by Crippen LogP contribution is 2.55. The lowest BCUT2D eigenvalue weighted by molar-refractivity contribution is -0.132. The van der Waals surface area contributed by atoms with E-state index in [1.165, 1.54) is 23.6 Å². The summed E-state index contributed by atoms with van der Waals surface area (Å²) in [5, 5.41) is 3.48. The molecular weight excluding hydrogens is 426 g/mol. The van der Waals surface area contributed by atoms with Crippen molar-refractivity contribution in [3.05, 3.63) is 24.3 Å². The number of hydrogen-bond donors (Lipinski definition) is 1. The van der Waals surface area contributed by atoms with Crippen molar-refractivity contribution >= 4 is 15.9 Å². The zero-order chi connectivity index (χ0) is 22.5. The van der Waals surface area contributed by atoms with Crippen molar-refractivity contribution in [2.45, 2.75) is 61.9 Å². The smallest absolute Gasteiger partial charge is 0.243 e. The lowest BCUT2D eigenvalue weighted by atomic mass is 9.53. The molecule has 5 aliphatic rings. The van der Waals surface area contributed by atoms with Crippen LogP contribution in [0.5, 0.6) is 5.75 Å². The van der Waals surface area contributed by atoms with E-state index in [-0.39, 0.29) is 22.4 Å². The maximum absolute atomic E-state index is 13.2. The van der Waals surface area contributed by atoms with E-state index in [9.17, 15) is 13.2 Å². The predicted octanol–water partition coefficient (Wildman–Crippen LogP) is 2.47. The number of carbonyl (C=O) groups excluding carboxylic acids is 1. The van der Waals surface area contributed by atoms with Crippen LogP contribution in [0.1, 0.15) is 45.4 Å². The molecule has 0 unspecified atom stereocenters. The number of piperazine rings is 1. The molecule has 1 atom stereocenters. The van der Waals surface area contributed by atoms with Gasteiger partial charge in [-0.05, 0) is 87.5 Å². The first kappa shape index (κ1) is 22.2. The summed E-state index contributed by atoms with van der Waals surface area (Å²) in [6.45, 7) is 3.87. The minimum atomic E-state index is -3.54. The molecule has 1 amide bonds. The van der Waals surface area contributed by atoms with Crippen LogP contribution in [0.15, 0.2) is 29.2 Å². The summed E-state index contributed by atoms with van der Waals surface area (Å²) >= 11 is 0. The van der Waals surface area contributed by atoms with E-state index in [4.69, 9.17) is 4.74 Å². The second-order valence-electron chi connectivity index (χ2n) is 10.5. The normalized spacial score (nSPS) is 33.8. The molecule has 6 rings (SSSR count). The molecule has 4 saturated carbocycles. The number of sulfonamides is 1. The third-order valence-electron chi connectivity index (χ3n) is 8.32. The largest absolute Gasteiger partial charge is 0.497 e. The maximum Gasteiger partial charge on any atom is 0.243 e. The van der Waals surface area contributed by atoms with Gasteiger partial charge in [-0.2, -0.15) is 4.31 Å². The summed E-state index contributed by atoms with van der Waals surface area (Å²) in [7, 11) is -1.98. The molecule has 176 valence electrons. The Labute approximate surface area is 191 Å². The topological polar surface area (TPSA) is 79.0 Å². The maximum atomic E-state index is 13.2. The van der Waals surface area contributed by atoms with Gasteiger partial charge in [-0.3, -0.25) is 9.69 Å². The molecule has 32 heavy (non-hydrogen) atoms. The molecule has 1 aliphatic heterocycles. The number of ether oxygens (including phenoxy) is 1. The molecule has 4 bridgehead atoms. The van der Waals surface area contributed by atoms with Crippen LogP contribution in [0.4, 0.5) is 0 Å². The van der Waals surface area contributed by atoms with E-state index < -0.39 is 10.0 Å². The Bertz CT molecular complexity index is 919. The molecular formula is C24H35N3O4S. The van der Waals surface area contributed by atoms with Gasteiger partial charge in [-0.25, -0.2) is 8.42 Å². The van der Waals surface area contributed by atoms with Crippen LogP contribution < -0.4 is 10.1 Å². The predicted molar refractivity (Wildman–Crippen MR) is 122 cm³/mol. The minimum absolute atomic E-state index is 0.0135. The van der Waals surface area contributed by atoms with Crippen molar-refractivity contribution in [1.82, 2.24) is 14.5 Å². The molecule has 1 saturated heterocycles. The Kier molecular flexibility index (Phi) is 5.75. The SMILES string of the molecule is COc1ccc(S(=O)(=O)N2CCN([C@H](C)C(=O)NC34CC5CC(CC(C5)C3)C4)CC2)cc1. The Morgan fingerprint density at radius 3 is 2.03 bits per heavy atom. The summed E-state index contributed by atoms with van der Waals surface area (Å²) < 4.78 is 32.6. The number of methoxy groups -OCH3 is 1. The zero-order valence-corrected chi connectivity index (χ0v) is 19.9. The average molecular weight is 462 g/mol. The highest BCUT2D eigenvalue weighted by molar-refractivity contribution is 7.89. The summed E-state index contributed by atoms with van der Waals surface area (Å²) in [6, 6.07) is 6.26. The Balaban J connectivity index is 1.18. The lowest BCUT2D eigenvalue weighted by Gasteiger charge is -2.57. The van der Waals surface area contributed by atoms with E-state index in [2.05, 4.69) is 10.2 Å². The molecule has 1 aromatic rings. The van der Waals surface area contributed by atoms with E-state index >= 15 is 0 Å². The second kappa shape index (κ2) is 8.29. The number of rotatable bonds is 6. The third kappa shape index (κ3) is 4.05. The van der Waals surface area contributed by atoms with Gasteiger partial charge in [-0.15, -0.1) is 0 Å². The fourth-order valence-corrected chi connectivity index (χ4v) is 8.45. The molecule has 8 heteroatoms. The van der Waals surface area contributed by atoms with Crippen LogP contribution in [0, 0.1) is 17.8 Å². The van der Waals surface area contributed by atoms with Crippen molar-refractivity contribution < 1.29 is 17.9 Å². The lowest BCUT2D eigenvalue weighted by Crippen LogP contribution is -2.63. The van der Waals surface area contributed by atoms with Crippen molar-refractivity contribution in [1.29, 1.82) is 0 Å². The highest BCUT2D eigenvalue weighted by atomic mass is 32.2. The van der Waals surface area contributed by atoms with Gasteiger partial charge in [0.25, 0.3) is 0 Å². The fraction of sp³-hybridized carbons (Fsp3) is 0.708. The number of benzene rings is 1. The number of hydrogen-bond acceptors (Lipinski definition) is 5. The van der Waals surface area contributed by atoms with E-state index in [1.54, 1.807) is 31.4 Å². The van der Waals surface area contributed by atoms with Gasteiger partial charge < -0.3 is 10.1 Å². The average Bonchev–Trinajstić information content (AvgIpc) is 2.77. The molecule has 7 nitrogen and oxygen atoms in total. The van der Waals surface area contributed by atoms with Gasteiger partial charge in [0.15, 0.2) is 0 Å². The first-order valence-corrected chi connectivity index (χ1v) is 13.4. The Morgan fingerprint density at radius 2 is 1.53 bits per heavy atom. The first-order chi connectivity index (χ1) is 15.3. The highest BCUT2D eigenvalue weighted by Gasteiger charge is 2.52. The van der Waals surface area contributed by atoms with Crippen LogP contribution in [0.2, 0.25) is 0 Å². The first-order valence-electron chi connectivity index (χ1n) is 12.0. The van der Waals surface area contributed by atoms with E-state index in [1.807, 2.05) is 6.92 Å². The van der Waals surface area contributed by atoms with Crippen LogP contribution >= 0.6 is 0 Å². The third-order valence-corrected chi connectivity index (χ3v) is 10.2. The molecule has 0 aromatic heterocycles. The van der Waals surface area contributed by atoms with E-state index in [0.29, 0.717) is 31.9 Å². The Hall–Kier alpha value is -1.64. The van der Waals surface area contributed by atoms with Gasteiger partial charge in [0.05, 0.1) is 18.0 Å². The number of carbonyl (C=O) groups is 1. The van der Waals surface area contributed by atoms with Crippen LogP contribution in [-0.2, 0) is 14.8 Å². The van der Waals surface area contributed by atoms with Crippen molar-refractivity contribution in [3.8, 4) is 5.75 Å². The zero-order valence-electron chi connectivity index (χ0n) is 19.1. The number of amides is 1. The van der Waals surface area contributed by atoms with Gasteiger partial charge >= 0.3 is 0 Å². The van der Waals surface area contributed by atoms with Crippen LogP contribution in [-0.4, -0.2) is 68.4 Å². The van der Waals surface area contributed by atoms with E-state index in [0.717, 1.165) is 37.0 Å². The molecule has 0 spiro atoms. The quantitative estimate of drug-likeness (QED) is 0.704. The molecule has 1 heterocycles. The van der Waals surface area contributed by atoms with Gasteiger partial charge in [0.2, 0.25) is 15.9 Å². The van der Waals surface area contributed by atoms with Gasteiger partial charge in [-0.1, -0.05) is 0 Å². The van der Waals surface area contributed by atoms with Gasteiger partial charge in [0, 0.05) is 31.7 Å². The van der Waals surface area contributed by atoms with Gasteiger partial charge in [0.1, 0.15) is 5.75 Å². The number of nitrogens with zero attached hydrogens (tertiary/aromatic N) is 2. The number of nitrogens with one attached hydrogen (secondary N) is 1. The molecule has 0 radical (unpaired) electrons. The van der Waals surface area contributed by atoms with Crippen molar-refractivity contribution in [3.63, 3.8) is 0 Å². The standard InChI is InChI=1S/C24H35N3O4S/c1-17(23(28)25-24-14-18-11-19(15-24)13-20(12-18)16-24)26-7-9-27(10-8-26)32(29,30)22-5-3-21(31-2)4-6-22/h3-6,17-20H,7-16H2,1-2H3,(H,25,28)/t17-,18?,19?,20?,24?/m1/s1. The van der Waals surface area contributed by atoms with Crippen molar-refractivity contribution in [2.24, 2.45) is 17.8 Å². The monoisotopic (exact) mass is 461 g/mol. The van der Waals surface area contributed by atoms with Crippen molar-refractivity contribution in [2.75, 3.05) is 33.3 Å². The summed E-state index contributed by atoms with van der Waals surface area (Å²) in [4.78, 5) is 15.6. The summed E-state index contributed by atoms with van der Waals surface area (Å²) in [5.41, 5.74) is 0.0135. The molecule has 1 aromatic carbocycles. The van der Waals surface area contributed by atoms with Crippen LogP contribution in [0.3, 0.4) is 0 Å². The summed E-state index contributed by atoms with van der Waals surface area (Å²) in [5.74, 6) is 3.13. The summed E-state index contributed by atoms with van der Waals surface area (Å²) in [6.07, 6.45) is 7.50. The van der Waals surface area contributed by atoms with Crippen LogP contribution in [0.25, 0.3) is 0 Å². The second-order valence-corrected chi connectivity index (χ2v) is 12.4. The minimum Gasteiger partial charge on any atom is -0.497 e.